The van der Waals surface area contributed by atoms with Gasteiger partial charge >= 0.3 is 6.18 Å². The first-order valence-electron chi connectivity index (χ1n) is 7.72. The van der Waals surface area contributed by atoms with E-state index in [2.05, 4.69) is 5.32 Å². The van der Waals surface area contributed by atoms with Crippen molar-refractivity contribution in [2.45, 2.75) is 36.7 Å². The minimum atomic E-state index is -4.85. The van der Waals surface area contributed by atoms with Gasteiger partial charge in [-0.15, -0.1) is 11.3 Å². The molecular formula is C16H14ClF5N2O3S2. The number of hydrogen-bond donors (Lipinski definition) is 2. The number of carbonyl (C=O) groups is 1. The van der Waals surface area contributed by atoms with Crippen molar-refractivity contribution in [3.8, 4) is 0 Å². The van der Waals surface area contributed by atoms with Crippen LogP contribution >= 0.6 is 22.9 Å². The third-order valence-electron chi connectivity index (χ3n) is 3.74. The highest BCUT2D eigenvalue weighted by Crippen LogP contribution is 2.33. The summed E-state index contributed by atoms with van der Waals surface area (Å²) in [6, 6.07) is 2.52. The Morgan fingerprint density at radius 1 is 1.14 bits per heavy atom. The quantitative estimate of drug-likeness (QED) is 0.478. The van der Waals surface area contributed by atoms with Gasteiger partial charge in [0.05, 0.1) is 10.6 Å². The van der Waals surface area contributed by atoms with Crippen LogP contribution in [-0.2, 0) is 10.0 Å². The van der Waals surface area contributed by atoms with Gasteiger partial charge in [-0.2, -0.15) is 17.9 Å². The second-order valence-electron chi connectivity index (χ2n) is 6.47. The van der Waals surface area contributed by atoms with Crippen molar-refractivity contribution in [2.75, 3.05) is 5.32 Å². The van der Waals surface area contributed by atoms with Crippen molar-refractivity contribution in [1.82, 2.24) is 4.72 Å². The molecule has 0 bridgehead atoms. The van der Waals surface area contributed by atoms with E-state index < -0.39 is 48.5 Å². The Hall–Kier alpha value is -1.76. The number of sulfonamides is 1. The Morgan fingerprint density at radius 3 is 2.24 bits per heavy atom. The predicted octanol–water partition coefficient (Wildman–Crippen LogP) is 4.86. The van der Waals surface area contributed by atoms with Crippen molar-refractivity contribution in [3.05, 3.63) is 45.3 Å². The number of aryl methyl sites for hydroxylation is 1. The first-order valence-corrected chi connectivity index (χ1v) is 10.4. The molecule has 13 heteroatoms. The van der Waals surface area contributed by atoms with Gasteiger partial charge in [-0.05, 0) is 32.9 Å². The Bertz CT molecular complexity index is 1040. The molecule has 1 aromatic heterocycles. The number of alkyl halides is 3. The van der Waals surface area contributed by atoms with Crippen molar-refractivity contribution in [1.29, 1.82) is 0 Å². The molecule has 0 radical (unpaired) electrons. The summed E-state index contributed by atoms with van der Waals surface area (Å²) < 4.78 is 91.2. The van der Waals surface area contributed by atoms with Gasteiger partial charge in [0.1, 0.15) is 9.75 Å². The van der Waals surface area contributed by atoms with Crippen molar-refractivity contribution >= 4 is 44.6 Å². The van der Waals surface area contributed by atoms with E-state index in [9.17, 15) is 35.2 Å². The average Bonchev–Trinajstić information content (AvgIpc) is 2.93. The number of amides is 1. The molecule has 2 aromatic rings. The largest absolute Gasteiger partial charge is 0.407 e. The number of anilines is 1. The van der Waals surface area contributed by atoms with E-state index in [4.69, 9.17) is 11.6 Å². The second-order valence-corrected chi connectivity index (χ2v) is 10.0. The topological polar surface area (TPSA) is 75.3 Å². The fraction of sp³-hybridized carbons (Fsp3) is 0.312. The van der Waals surface area contributed by atoms with Gasteiger partial charge in [-0.1, -0.05) is 11.6 Å². The molecule has 1 heterocycles. The maximum Gasteiger partial charge on any atom is 0.407 e. The Balaban J connectivity index is 2.31. The molecule has 5 nitrogen and oxygen atoms in total. The highest BCUT2D eigenvalue weighted by molar-refractivity contribution is 7.91. The predicted molar refractivity (Wildman–Crippen MR) is 98.8 cm³/mol. The third-order valence-corrected chi connectivity index (χ3v) is 7.20. The molecule has 29 heavy (non-hydrogen) atoms. The monoisotopic (exact) mass is 476 g/mol. The zero-order valence-electron chi connectivity index (χ0n) is 15.0. The molecule has 0 spiro atoms. The SMILES string of the molecule is Cc1sc(S(=O)(=O)NC(C)(C)C(F)(F)F)cc1C(=O)Nc1cc(F)c(F)c(Cl)c1. The van der Waals surface area contributed by atoms with Crippen molar-refractivity contribution < 1.29 is 35.2 Å². The van der Waals surface area contributed by atoms with Crippen LogP contribution in [0.5, 0.6) is 0 Å². The Kier molecular flexibility index (Phi) is 6.34. The zero-order chi connectivity index (χ0) is 22.4. The molecule has 0 fully saturated rings. The highest BCUT2D eigenvalue weighted by atomic mass is 35.5. The lowest BCUT2D eigenvalue weighted by Gasteiger charge is -2.28. The normalized spacial score (nSPS) is 12.9. The molecule has 1 aromatic carbocycles. The molecule has 2 N–H and O–H groups in total. The summed E-state index contributed by atoms with van der Waals surface area (Å²) in [7, 11) is -4.59. The van der Waals surface area contributed by atoms with Gasteiger partial charge < -0.3 is 5.32 Å². The van der Waals surface area contributed by atoms with E-state index in [0.717, 1.165) is 12.1 Å². The second kappa shape index (κ2) is 7.82. The van der Waals surface area contributed by atoms with Crippen LogP contribution in [0.2, 0.25) is 5.02 Å². The number of nitrogens with one attached hydrogen (secondary N) is 2. The van der Waals surface area contributed by atoms with E-state index in [0.29, 0.717) is 31.3 Å². The number of halogens is 6. The summed E-state index contributed by atoms with van der Waals surface area (Å²) in [6.45, 7) is 2.70. The number of benzene rings is 1. The van der Waals surface area contributed by atoms with Gasteiger partial charge in [0.25, 0.3) is 15.9 Å². The molecule has 1 amide bonds. The van der Waals surface area contributed by atoms with Crippen LogP contribution in [0.1, 0.15) is 29.1 Å². The molecule has 0 aliphatic carbocycles. The van der Waals surface area contributed by atoms with Crippen molar-refractivity contribution in [2.24, 2.45) is 0 Å². The van der Waals surface area contributed by atoms with Crippen LogP contribution in [0.15, 0.2) is 22.4 Å². The zero-order valence-corrected chi connectivity index (χ0v) is 17.4. The fourth-order valence-corrected chi connectivity index (χ4v) is 5.13. The fourth-order valence-electron chi connectivity index (χ4n) is 2.08. The minimum Gasteiger partial charge on any atom is -0.322 e. The summed E-state index contributed by atoms with van der Waals surface area (Å²) >= 11 is 6.08. The van der Waals surface area contributed by atoms with Gasteiger partial charge in [-0.25, -0.2) is 17.2 Å². The van der Waals surface area contributed by atoms with Crippen LogP contribution in [0, 0.1) is 18.6 Å². The number of hydrogen-bond acceptors (Lipinski definition) is 4. The van der Waals surface area contributed by atoms with E-state index in [-0.39, 0.29) is 16.1 Å². The Labute approximate surface area is 171 Å². The van der Waals surface area contributed by atoms with E-state index in [1.165, 1.54) is 6.92 Å². The lowest BCUT2D eigenvalue weighted by atomic mass is 10.1. The molecule has 2 rings (SSSR count). The van der Waals surface area contributed by atoms with E-state index >= 15 is 0 Å². The van der Waals surface area contributed by atoms with Gasteiger partial charge in [-0.3, -0.25) is 4.79 Å². The van der Waals surface area contributed by atoms with Crippen LogP contribution < -0.4 is 10.0 Å². The summed E-state index contributed by atoms with van der Waals surface area (Å²) in [5.41, 5.74) is -3.10. The van der Waals surface area contributed by atoms with Crippen LogP contribution in [0.25, 0.3) is 0 Å². The molecule has 0 unspecified atom stereocenters. The molecule has 0 atom stereocenters. The lowest BCUT2D eigenvalue weighted by Crippen LogP contribution is -2.53. The summed E-state index contributed by atoms with van der Waals surface area (Å²) in [5, 5.41) is 1.65. The summed E-state index contributed by atoms with van der Waals surface area (Å²) in [6.07, 6.45) is -4.85. The summed E-state index contributed by atoms with van der Waals surface area (Å²) in [5.74, 6) is -3.49. The molecule has 160 valence electrons. The van der Waals surface area contributed by atoms with Gasteiger partial charge in [0.2, 0.25) is 0 Å². The van der Waals surface area contributed by atoms with Crippen LogP contribution in [0.4, 0.5) is 27.6 Å². The van der Waals surface area contributed by atoms with Crippen LogP contribution in [0.3, 0.4) is 0 Å². The maximum absolute atomic E-state index is 13.4. The van der Waals surface area contributed by atoms with E-state index in [1.807, 2.05) is 0 Å². The van der Waals surface area contributed by atoms with Crippen molar-refractivity contribution in [3.63, 3.8) is 0 Å². The van der Waals surface area contributed by atoms with Gasteiger partial charge in [0, 0.05) is 16.6 Å². The molecule has 0 saturated carbocycles. The third kappa shape index (κ3) is 5.05. The molecule has 0 saturated heterocycles. The number of rotatable bonds is 5. The minimum absolute atomic E-state index is 0.166. The lowest BCUT2D eigenvalue weighted by molar-refractivity contribution is -0.180. The number of carbonyl (C=O) groups excluding carboxylic acids is 1. The summed E-state index contributed by atoms with van der Waals surface area (Å²) in [4.78, 5) is 12.6. The molecule has 0 aliphatic rings. The first-order chi connectivity index (χ1) is 13.0. The highest BCUT2D eigenvalue weighted by Gasteiger charge is 2.50. The smallest absolute Gasteiger partial charge is 0.322 e. The van der Waals surface area contributed by atoms with Crippen LogP contribution in [-0.4, -0.2) is 26.0 Å². The Morgan fingerprint density at radius 2 is 1.72 bits per heavy atom. The number of thiophene rings is 1. The van der Waals surface area contributed by atoms with Gasteiger partial charge in [0.15, 0.2) is 11.6 Å². The standard InChI is InChI=1S/C16H14ClF5N2O3S2/c1-7-9(14(25)23-8-4-10(17)13(19)11(18)5-8)6-12(28-7)29(26,27)24-15(2,3)16(20,21)22/h4-6,24H,1-3H3,(H,23,25). The maximum atomic E-state index is 13.4. The van der Waals surface area contributed by atoms with E-state index in [1.54, 1.807) is 4.72 Å². The molecule has 0 aliphatic heterocycles. The average molecular weight is 477 g/mol. The molecular weight excluding hydrogens is 463 g/mol. The first kappa shape index (κ1) is 23.5.